The lowest BCUT2D eigenvalue weighted by atomic mass is 9.74. The van der Waals surface area contributed by atoms with E-state index in [4.69, 9.17) is 11.6 Å². The maximum Gasteiger partial charge on any atom is 0.0976 e. The molecule has 2 nitrogen and oxygen atoms in total. The first-order valence-corrected chi connectivity index (χ1v) is 10.3. The first-order valence-electron chi connectivity index (χ1n) is 9.89. The minimum Gasteiger partial charge on any atom is -0.384 e. The van der Waals surface area contributed by atoms with Gasteiger partial charge in [0.1, 0.15) is 0 Å². The summed E-state index contributed by atoms with van der Waals surface area (Å²) in [5.74, 6) is 0.0444. The predicted octanol–water partition coefficient (Wildman–Crippen LogP) is 5.60. The van der Waals surface area contributed by atoms with Crippen LogP contribution < -0.4 is 0 Å². The van der Waals surface area contributed by atoms with Gasteiger partial charge >= 0.3 is 0 Å². The van der Waals surface area contributed by atoms with Crippen molar-refractivity contribution in [1.29, 1.82) is 0 Å². The topological polar surface area (TPSA) is 23.5 Å². The highest BCUT2D eigenvalue weighted by Gasteiger charge is 2.39. The third-order valence-electron chi connectivity index (χ3n) is 5.64. The summed E-state index contributed by atoms with van der Waals surface area (Å²) in [6.07, 6.45) is 5.51. The Balaban J connectivity index is 1.99. The number of rotatable bonds is 7. The maximum atomic E-state index is 11.9. The molecule has 140 valence electrons. The SMILES string of the molecule is CCC[C@](O)(c1ccc(Cl)cc1)[C@@H](CN1CCCCC1)c1ccccc1. The van der Waals surface area contributed by atoms with Crippen LogP contribution >= 0.6 is 11.6 Å². The molecule has 1 saturated heterocycles. The Kier molecular flexibility index (Phi) is 6.74. The molecule has 2 aromatic carbocycles. The van der Waals surface area contributed by atoms with Crippen LogP contribution in [0.15, 0.2) is 54.6 Å². The summed E-state index contributed by atoms with van der Waals surface area (Å²) in [6, 6.07) is 18.3. The van der Waals surface area contributed by atoms with Crippen molar-refractivity contribution in [1.82, 2.24) is 4.90 Å². The fourth-order valence-corrected chi connectivity index (χ4v) is 4.38. The van der Waals surface area contributed by atoms with Crippen molar-refractivity contribution in [3.63, 3.8) is 0 Å². The van der Waals surface area contributed by atoms with Crippen molar-refractivity contribution in [3.8, 4) is 0 Å². The number of hydrogen-bond acceptors (Lipinski definition) is 2. The van der Waals surface area contributed by atoms with E-state index in [-0.39, 0.29) is 5.92 Å². The summed E-state index contributed by atoms with van der Waals surface area (Å²) in [5.41, 5.74) is 1.29. The van der Waals surface area contributed by atoms with Crippen molar-refractivity contribution >= 4 is 11.6 Å². The normalized spacial score (nSPS) is 19.0. The lowest BCUT2D eigenvalue weighted by molar-refractivity contribution is -0.0152. The summed E-state index contributed by atoms with van der Waals surface area (Å²) >= 11 is 6.10. The molecule has 3 heteroatoms. The van der Waals surface area contributed by atoms with E-state index in [1.54, 1.807) is 0 Å². The van der Waals surface area contributed by atoms with Gasteiger partial charge in [0.05, 0.1) is 5.60 Å². The van der Waals surface area contributed by atoms with E-state index in [9.17, 15) is 5.11 Å². The van der Waals surface area contributed by atoms with Crippen LogP contribution in [0.25, 0.3) is 0 Å². The Labute approximate surface area is 162 Å². The Bertz CT molecular complexity index is 666. The quantitative estimate of drug-likeness (QED) is 0.685. The summed E-state index contributed by atoms with van der Waals surface area (Å²) in [7, 11) is 0. The maximum absolute atomic E-state index is 11.9. The van der Waals surface area contributed by atoms with E-state index >= 15 is 0 Å². The Hall–Kier alpha value is -1.35. The molecule has 0 unspecified atom stereocenters. The van der Waals surface area contributed by atoms with Gasteiger partial charge in [-0.2, -0.15) is 0 Å². The van der Waals surface area contributed by atoms with Gasteiger partial charge in [0, 0.05) is 17.5 Å². The average molecular weight is 372 g/mol. The molecule has 1 aliphatic rings. The molecule has 0 saturated carbocycles. The number of hydrogen-bond donors (Lipinski definition) is 1. The average Bonchev–Trinajstić information content (AvgIpc) is 2.68. The number of aliphatic hydroxyl groups is 1. The molecule has 0 bridgehead atoms. The molecule has 26 heavy (non-hydrogen) atoms. The summed E-state index contributed by atoms with van der Waals surface area (Å²) in [4.78, 5) is 2.53. The molecule has 2 aromatic rings. The zero-order chi connectivity index (χ0) is 18.4. The summed E-state index contributed by atoms with van der Waals surface area (Å²) in [6.45, 7) is 5.30. The zero-order valence-corrected chi connectivity index (χ0v) is 16.5. The van der Waals surface area contributed by atoms with Crippen LogP contribution in [0.2, 0.25) is 5.02 Å². The lowest BCUT2D eigenvalue weighted by Crippen LogP contribution is -2.42. The van der Waals surface area contributed by atoms with Crippen molar-refractivity contribution in [3.05, 3.63) is 70.7 Å². The molecule has 0 spiro atoms. The van der Waals surface area contributed by atoms with Crippen molar-refractivity contribution < 1.29 is 5.11 Å². The van der Waals surface area contributed by atoms with Crippen LogP contribution in [-0.4, -0.2) is 29.6 Å². The van der Waals surface area contributed by atoms with E-state index in [2.05, 4.69) is 36.1 Å². The smallest absolute Gasteiger partial charge is 0.0976 e. The molecule has 0 aliphatic carbocycles. The largest absolute Gasteiger partial charge is 0.384 e. The third-order valence-corrected chi connectivity index (χ3v) is 5.90. The van der Waals surface area contributed by atoms with Gasteiger partial charge in [-0.3, -0.25) is 0 Å². The second-order valence-corrected chi connectivity index (χ2v) is 7.94. The molecule has 0 amide bonds. The Morgan fingerprint density at radius 2 is 1.65 bits per heavy atom. The highest BCUT2D eigenvalue weighted by molar-refractivity contribution is 6.30. The molecule has 3 rings (SSSR count). The molecule has 0 aromatic heterocycles. The van der Waals surface area contributed by atoms with Crippen LogP contribution in [0.4, 0.5) is 0 Å². The van der Waals surface area contributed by atoms with Crippen LogP contribution in [-0.2, 0) is 5.60 Å². The first-order chi connectivity index (χ1) is 12.6. The fourth-order valence-electron chi connectivity index (χ4n) is 4.26. The summed E-state index contributed by atoms with van der Waals surface area (Å²) in [5, 5.41) is 12.7. The van der Waals surface area contributed by atoms with Crippen LogP contribution in [0.1, 0.15) is 56.1 Å². The molecule has 1 N–H and O–H groups in total. The Morgan fingerprint density at radius 1 is 1.00 bits per heavy atom. The number of nitrogens with zero attached hydrogens (tertiary/aromatic N) is 1. The van der Waals surface area contributed by atoms with Crippen molar-refractivity contribution in [2.45, 2.75) is 50.5 Å². The molecular formula is C23H30ClNO. The zero-order valence-electron chi connectivity index (χ0n) is 15.7. The van der Waals surface area contributed by atoms with Gasteiger partial charge in [-0.15, -0.1) is 0 Å². The second-order valence-electron chi connectivity index (χ2n) is 7.51. The minimum atomic E-state index is -0.891. The van der Waals surface area contributed by atoms with Crippen molar-refractivity contribution in [2.75, 3.05) is 19.6 Å². The van der Waals surface area contributed by atoms with E-state index in [1.807, 2.05) is 30.3 Å². The minimum absolute atomic E-state index is 0.0444. The Morgan fingerprint density at radius 3 is 2.27 bits per heavy atom. The van der Waals surface area contributed by atoms with Crippen LogP contribution in [0.5, 0.6) is 0 Å². The molecule has 1 heterocycles. The lowest BCUT2D eigenvalue weighted by Gasteiger charge is -2.41. The monoisotopic (exact) mass is 371 g/mol. The molecule has 1 aliphatic heterocycles. The number of benzene rings is 2. The van der Waals surface area contributed by atoms with E-state index in [0.717, 1.165) is 38.0 Å². The highest BCUT2D eigenvalue weighted by atomic mass is 35.5. The third kappa shape index (κ3) is 4.49. The highest BCUT2D eigenvalue weighted by Crippen LogP contribution is 2.42. The van der Waals surface area contributed by atoms with Gasteiger partial charge < -0.3 is 10.0 Å². The molecule has 1 fully saturated rings. The standard InChI is InChI=1S/C23H30ClNO/c1-2-15-23(26,20-11-13-21(24)14-12-20)22(19-9-5-3-6-10-19)18-25-16-7-4-8-17-25/h3,5-6,9-14,22,26H,2,4,7-8,15-18H2,1H3/t22-,23-/m0/s1. The number of piperidine rings is 1. The van der Waals surface area contributed by atoms with Gasteiger partial charge in [-0.1, -0.05) is 73.8 Å². The first kappa shape index (κ1) is 19.4. The van der Waals surface area contributed by atoms with Gasteiger partial charge in [0.15, 0.2) is 0 Å². The summed E-state index contributed by atoms with van der Waals surface area (Å²) < 4.78 is 0. The molecule has 0 radical (unpaired) electrons. The van der Waals surface area contributed by atoms with E-state index < -0.39 is 5.60 Å². The number of halogens is 1. The van der Waals surface area contributed by atoms with Crippen molar-refractivity contribution in [2.24, 2.45) is 0 Å². The second kappa shape index (κ2) is 9.03. The molecular weight excluding hydrogens is 342 g/mol. The van der Waals surface area contributed by atoms with Gasteiger partial charge in [0.25, 0.3) is 0 Å². The van der Waals surface area contributed by atoms with Gasteiger partial charge in [0.2, 0.25) is 0 Å². The van der Waals surface area contributed by atoms with E-state index in [1.165, 1.54) is 24.8 Å². The number of likely N-dealkylation sites (tertiary alicyclic amines) is 1. The molecule has 2 atom stereocenters. The van der Waals surface area contributed by atoms with Crippen LogP contribution in [0.3, 0.4) is 0 Å². The van der Waals surface area contributed by atoms with Gasteiger partial charge in [-0.05, 0) is 55.6 Å². The fraction of sp³-hybridized carbons (Fsp3) is 0.478. The predicted molar refractivity (Wildman–Crippen MR) is 110 cm³/mol. The van der Waals surface area contributed by atoms with Gasteiger partial charge in [-0.25, -0.2) is 0 Å². The van der Waals surface area contributed by atoms with E-state index in [0.29, 0.717) is 5.02 Å². The van der Waals surface area contributed by atoms with Crippen LogP contribution in [0, 0.1) is 0 Å².